The highest BCUT2D eigenvalue weighted by molar-refractivity contribution is 5.79. The van der Waals surface area contributed by atoms with Crippen molar-refractivity contribution in [2.45, 2.75) is 20.3 Å². The van der Waals surface area contributed by atoms with Crippen LogP contribution >= 0.6 is 0 Å². The molecule has 0 bridgehead atoms. The quantitative estimate of drug-likeness (QED) is 0.447. The van der Waals surface area contributed by atoms with Crippen molar-refractivity contribution in [1.29, 1.82) is 0 Å². The monoisotopic (exact) mass is 263 g/mol. The summed E-state index contributed by atoms with van der Waals surface area (Å²) in [6, 6.07) is 8.62. The zero-order valence-electron chi connectivity index (χ0n) is 12.2. The van der Waals surface area contributed by atoms with Crippen LogP contribution in [0.15, 0.2) is 29.3 Å². The normalized spacial score (nSPS) is 11.4. The van der Waals surface area contributed by atoms with E-state index in [4.69, 9.17) is 4.74 Å². The Labute approximate surface area is 116 Å². The van der Waals surface area contributed by atoms with Crippen LogP contribution in [0.1, 0.15) is 18.1 Å². The summed E-state index contributed by atoms with van der Waals surface area (Å²) in [6.07, 6.45) is 0.992. The Morgan fingerprint density at radius 2 is 1.84 bits per heavy atom. The first-order valence-corrected chi connectivity index (χ1v) is 6.84. The number of guanidine groups is 1. The molecule has 0 heterocycles. The molecular weight excluding hydrogens is 238 g/mol. The second-order valence-electron chi connectivity index (χ2n) is 4.36. The molecule has 4 heteroatoms. The molecular formula is C15H25N3O. The van der Waals surface area contributed by atoms with Gasteiger partial charge in [0.1, 0.15) is 0 Å². The minimum absolute atomic E-state index is 0.704. The Hall–Kier alpha value is -1.55. The molecule has 0 radical (unpaired) electrons. The van der Waals surface area contributed by atoms with Gasteiger partial charge in [-0.25, -0.2) is 0 Å². The van der Waals surface area contributed by atoms with E-state index in [1.807, 2.05) is 6.92 Å². The number of nitrogens with zero attached hydrogens (tertiary/aromatic N) is 1. The summed E-state index contributed by atoms with van der Waals surface area (Å²) in [7, 11) is 1.78. The third-order valence-corrected chi connectivity index (χ3v) is 2.79. The lowest BCUT2D eigenvalue weighted by atomic mass is 10.1. The van der Waals surface area contributed by atoms with Gasteiger partial charge in [-0.05, 0) is 25.8 Å². The van der Waals surface area contributed by atoms with E-state index >= 15 is 0 Å². The van der Waals surface area contributed by atoms with Crippen LogP contribution in [0.5, 0.6) is 0 Å². The molecule has 0 atom stereocenters. The SMILES string of the molecule is CCOCCNC(=NC)NCCc1ccc(C)cc1. The maximum atomic E-state index is 5.27. The van der Waals surface area contributed by atoms with Gasteiger partial charge in [0.25, 0.3) is 0 Å². The number of ether oxygens (including phenoxy) is 1. The number of benzene rings is 1. The molecule has 0 spiro atoms. The fraction of sp³-hybridized carbons (Fsp3) is 0.533. The van der Waals surface area contributed by atoms with Crippen molar-refractivity contribution in [2.24, 2.45) is 4.99 Å². The van der Waals surface area contributed by atoms with E-state index in [0.717, 1.165) is 32.1 Å². The van der Waals surface area contributed by atoms with Gasteiger partial charge in [0, 0.05) is 26.7 Å². The van der Waals surface area contributed by atoms with Crippen LogP contribution in [-0.2, 0) is 11.2 Å². The van der Waals surface area contributed by atoms with Crippen LogP contribution in [0.3, 0.4) is 0 Å². The fourth-order valence-electron chi connectivity index (χ4n) is 1.69. The number of aryl methyl sites for hydroxylation is 1. The Morgan fingerprint density at radius 1 is 1.16 bits per heavy atom. The minimum atomic E-state index is 0.704. The Kier molecular flexibility index (Phi) is 7.66. The van der Waals surface area contributed by atoms with Crippen LogP contribution in [-0.4, -0.2) is 39.3 Å². The lowest BCUT2D eigenvalue weighted by Crippen LogP contribution is -2.39. The van der Waals surface area contributed by atoms with Gasteiger partial charge in [-0.2, -0.15) is 0 Å². The van der Waals surface area contributed by atoms with Gasteiger partial charge in [-0.3, -0.25) is 4.99 Å². The molecule has 0 aromatic heterocycles. The van der Waals surface area contributed by atoms with Crippen LogP contribution in [0.2, 0.25) is 0 Å². The summed E-state index contributed by atoms with van der Waals surface area (Å²) in [6.45, 7) is 7.20. The first kappa shape index (κ1) is 15.5. The highest BCUT2D eigenvalue weighted by atomic mass is 16.5. The summed E-state index contributed by atoms with van der Waals surface area (Å²) in [4.78, 5) is 4.17. The topological polar surface area (TPSA) is 45.6 Å². The lowest BCUT2D eigenvalue weighted by molar-refractivity contribution is 0.152. The number of nitrogens with one attached hydrogen (secondary N) is 2. The average molecular weight is 263 g/mol. The van der Waals surface area contributed by atoms with Crippen LogP contribution < -0.4 is 10.6 Å². The molecule has 2 N–H and O–H groups in total. The molecule has 1 rings (SSSR count). The summed E-state index contributed by atoms with van der Waals surface area (Å²) >= 11 is 0. The first-order chi connectivity index (χ1) is 9.26. The standard InChI is InChI=1S/C15H25N3O/c1-4-19-12-11-18-15(16-3)17-10-9-14-7-5-13(2)6-8-14/h5-8H,4,9-12H2,1-3H3,(H2,16,17,18). The molecule has 4 nitrogen and oxygen atoms in total. The zero-order valence-corrected chi connectivity index (χ0v) is 12.2. The first-order valence-electron chi connectivity index (χ1n) is 6.84. The molecule has 106 valence electrons. The van der Waals surface area contributed by atoms with Crippen LogP contribution in [0.4, 0.5) is 0 Å². The zero-order chi connectivity index (χ0) is 13.9. The van der Waals surface area contributed by atoms with Gasteiger partial charge < -0.3 is 15.4 Å². The second kappa shape index (κ2) is 9.39. The third-order valence-electron chi connectivity index (χ3n) is 2.79. The minimum Gasteiger partial charge on any atom is -0.380 e. The van der Waals surface area contributed by atoms with E-state index in [-0.39, 0.29) is 0 Å². The predicted octanol–water partition coefficient (Wildman–Crippen LogP) is 1.74. The van der Waals surface area contributed by atoms with Crippen molar-refractivity contribution >= 4 is 5.96 Å². The molecule has 0 aliphatic heterocycles. The Balaban J connectivity index is 2.20. The maximum Gasteiger partial charge on any atom is 0.191 e. The van der Waals surface area contributed by atoms with Crippen molar-refractivity contribution in [3.05, 3.63) is 35.4 Å². The molecule has 0 unspecified atom stereocenters. The Morgan fingerprint density at radius 3 is 2.47 bits per heavy atom. The van der Waals surface area contributed by atoms with E-state index in [9.17, 15) is 0 Å². The van der Waals surface area contributed by atoms with E-state index in [1.54, 1.807) is 7.05 Å². The van der Waals surface area contributed by atoms with Crippen molar-refractivity contribution in [2.75, 3.05) is 33.4 Å². The smallest absolute Gasteiger partial charge is 0.191 e. The molecule has 19 heavy (non-hydrogen) atoms. The van der Waals surface area contributed by atoms with Gasteiger partial charge >= 0.3 is 0 Å². The van der Waals surface area contributed by atoms with E-state index in [1.165, 1.54) is 11.1 Å². The van der Waals surface area contributed by atoms with Crippen molar-refractivity contribution in [3.8, 4) is 0 Å². The number of aliphatic imine (C=N–C) groups is 1. The van der Waals surface area contributed by atoms with E-state index in [0.29, 0.717) is 6.61 Å². The predicted molar refractivity (Wildman–Crippen MR) is 80.7 cm³/mol. The molecule has 0 amide bonds. The van der Waals surface area contributed by atoms with Gasteiger partial charge in [0.05, 0.1) is 6.61 Å². The molecule has 0 saturated heterocycles. The van der Waals surface area contributed by atoms with E-state index < -0.39 is 0 Å². The van der Waals surface area contributed by atoms with Crippen LogP contribution in [0.25, 0.3) is 0 Å². The lowest BCUT2D eigenvalue weighted by Gasteiger charge is -2.11. The summed E-state index contributed by atoms with van der Waals surface area (Å²) in [5.41, 5.74) is 2.63. The second-order valence-corrected chi connectivity index (χ2v) is 4.36. The van der Waals surface area contributed by atoms with Gasteiger partial charge in [0.2, 0.25) is 0 Å². The largest absolute Gasteiger partial charge is 0.380 e. The van der Waals surface area contributed by atoms with Gasteiger partial charge in [-0.15, -0.1) is 0 Å². The summed E-state index contributed by atoms with van der Waals surface area (Å²) in [5, 5.41) is 6.51. The maximum absolute atomic E-state index is 5.27. The summed E-state index contributed by atoms with van der Waals surface area (Å²) < 4.78 is 5.27. The van der Waals surface area contributed by atoms with Crippen molar-refractivity contribution in [1.82, 2.24) is 10.6 Å². The Bertz CT molecular complexity index is 373. The number of hydrogen-bond acceptors (Lipinski definition) is 2. The molecule has 0 aliphatic carbocycles. The fourth-order valence-corrected chi connectivity index (χ4v) is 1.69. The average Bonchev–Trinajstić information content (AvgIpc) is 2.43. The third kappa shape index (κ3) is 6.82. The molecule has 0 aliphatic rings. The molecule has 0 saturated carbocycles. The molecule has 0 fully saturated rings. The highest BCUT2D eigenvalue weighted by Gasteiger charge is 1.97. The molecule has 1 aromatic carbocycles. The van der Waals surface area contributed by atoms with Crippen molar-refractivity contribution < 1.29 is 4.74 Å². The van der Waals surface area contributed by atoms with Gasteiger partial charge in [-0.1, -0.05) is 29.8 Å². The van der Waals surface area contributed by atoms with Crippen molar-refractivity contribution in [3.63, 3.8) is 0 Å². The van der Waals surface area contributed by atoms with E-state index in [2.05, 4.69) is 46.8 Å². The van der Waals surface area contributed by atoms with Crippen LogP contribution in [0, 0.1) is 6.92 Å². The van der Waals surface area contributed by atoms with Gasteiger partial charge in [0.15, 0.2) is 5.96 Å². The number of hydrogen-bond donors (Lipinski definition) is 2. The summed E-state index contributed by atoms with van der Waals surface area (Å²) in [5.74, 6) is 0.826. The highest BCUT2D eigenvalue weighted by Crippen LogP contribution is 2.02. The number of rotatable bonds is 7. The molecule has 1 aromatic rings.